The van der Waals surface area contributed by atoms with E-state index in [2.05, 4.69) is 22.2 Å². The van der Waals surface area contributed by atoms with Gasteiger partial charge in [-0.15, -0.1) is 0 Å². The Morgan fingerprint density at radius 1 is 1.56 bits per heavy atom. The summed E-state index contributed by atoms with van der Waals surface area (Å²) in [4.78, 5) is 18.9. The lowest BCUT2D eigenvalue weighted by atomic mass is 10.1. The minimum atomic E-state index is -0.0330. The Morgan fingerprint density at radius 2 is 2.39 bits per heavy atom. The lowest BCUT2D eigenvalue weighted by Crippen LogP contribution is -2.22. The Morgan fingerprint density at radius 3 is 3.11 bits per heavy atom. The van der Waals surface area contributed by atoms with E-state index in [1.807, 2.05) is 17.7 Å². The van der Waals surface area contributed by atoms with Crippen LogP contribution in [0.5, 0.6) is 0 Å². The van der Waals surface area contributed by atoms with Gasteiger partial charge in [0.25, 0.3) is 0 Å². The van der Waals surface area contributed by atoms with Gasteiger partial charge in [-0.25, -0.2) is 4.79 Å². The number of pyridine rings is 1. The van der Waals surface area contributed by atoms with Crippen molar-refractivity contribution in [2.24, 2.45) is 0 Å². The summed E-state index contributed by atoms with van der Waals surface area (Å²) in [5.41, 5.74) is 1.73. The zero-order valence-electron chi connectivity index (χ0n) is 10.9. The van der Waals surface area contributed by atoms with E-state index in [4.69, 9.17) is 0 Å². The zero-order valence-corrected chi connectivity index (χ0v) is 10.9. The second-order valence-corrected chi connectivity index (χ2v) is 4.50. The first-order chi connectivity index (χ1) is 8.77. The van der Waals surface area contributed by atoms with E-state index in [-0.39, 0.29) is 11.7 Å². The van der Waals surface area contributed by atoms with Crippen molar-refractivity contribution in [1.82, 2.24) is 19.9 Å². The van der Waals surface area contributed by atoms with Crippen LogP contribution in [0, 0.1) is 0 Å². The maximum absolute atomic E-state index is 12.0. The molecule has 0 aliphatic rings. The number of rotatable bonds is 6. The summed E-state index contributed by atoms with van der Waals surface area (Å²) in [7, 11) is 1.95. The van der Waals surface area contributed by atoms with Crippen LogP contribution in [0.2, 0.25) is 0 Å². The third-order valence-corrected chi connectivity index (χ3v) is 3.32. The fourth-order valence-electron chi connectivity index (χ4n) is 2.37. The maximum Gasteiger partial charge on any atom is 0.326 e. The van der Waals surface area contributed by atoms with Crippen molar-refractivity contribution in [2.75, 3.05) is 13.6 Å². The Balaban J connectivity index is 2.32. The van der Waals surface area contributed by atoms with Gasteiger partial charge < -0.3 is 10.3 Å². The molecule has 0 bridgehead atoms. The number of imidazole rings is 1. The molecule has 1 unspecified atom stereocenters. The van der Waals surface area contributed by atoms with Crippen LogP contribution < -0.4 is 11.0 Å². The first kappa shape index (κ1) is 12.8. The summed E-state index contributed by atoms with van der Waals surface area (Å²) in [6, 6.07) is 2.15. The second-order valence-electron chi connectivity index (χ2n) is 4.50. The highest BCUT2D eigenvalue weighted by molar-refractivity contribution is 5.73. The van der Waals surface area contributed by atoms with Crippen LogP contribution in [0.25, 0.3) is 11.0 Å². The highest BCUT2D eigenvalue weighted by Gasteiger charge is 2.14. The van der Waals surface area contributed by atoms with Crippen molar-refractivity contribution in [1.29, 1.82) is 0 Å². The average Bonchev–Trinajstić information content (AvgIpc) is 2.71. The van der Waals surface area contributed by atoms with Gasteiger partial charge >= 0.3 is 5.69 Å². The van der Waals surface area contributed by atoms with Crippen molar-refractivity contribution >= 4 is 11.0 Å². The van der Waals surface area contributed by atoms with Gasteiger partial charge in [-0.1, -0.05) is 6.92 Å². The van der Waals surface area contributed by atoms with Crippen LogP contribution in [0.1, 0.15) is 32.2 Å². The molecule has 0 fully saturated rings. The van der Waals surface area contributed by atoms with Crippen LogP contribution in [-0.4, -0.2) is 28.1 Å². The molecule has 5 nitrogen and oxygen atoms in total. The van der Waals surface area contributed by atoms with E-state index in [1.165, 1.54) is 0 Å². The average molecular weight is 248 g/mol. The molecule has 1 atom stereocenters. The molecule has 0 amide bonds. The van der Waals surface area contributed by atoms with E-state index in [9.17, 15) is 4.79 Å². The van der Waals surface area contributed by atoms with Crippen LogP contribution in [-0.2, 0) is 0 Å². The molecule has 0 saturated heterocycles. The van der Waals surface area contributed by atoms with E-state index >= 15 is 0 Å². The Labute approximate surface area is 106 Å². The molecule has 2 aromatic heterocycles. The number of hydrogen-bond donors (Lipinski definition) is 2. The van der Waals surface area contributed by atoms with Crippen molar-refractivity contribution < 1.29 is 0 Å². The molecule has 5 heteroatoms. The van der Waals surface area contributed by atoms with Gasteiger partial charge in [0.15, 0.2) is 0 Å². The van der Waals surface area contributed by atoms with Gasteiger partial charge in [0.1, 0.15) is 0 Å². The predicted octanol–water partition coefficient (Wildman–Crippen LogP) is 1.68. The molecule has 2 rings (SSSR count). The molecule has 98 valence electrons. The largest absolute Gasteiger partial charge is 0.326 e. The Bertz CT molecular complexity index is 557. The monoisotopic (exact) mass is 248 g/mol. The summed E-state index contributed by atoms with van der Waals surface area (Å²) in [5, 5.41) is 3.14. The molecular formula is C13H20N4O. The molecule has 0 aromatic carbocycles. The van der Waals surface area contributed by atoms with Crippen molar-refractivity contribution in [3.05, 3.63) is 28.9 Å². The number of fused-ring (bicyclic) bond motifs is 1. The van der Waals surface area contributed by atoms with E-state index in [0.717, 1.165) is 36.8 Å². The molecule has 0 radical (unpaired) electrons. The summed E-state index contributed by atoms with van der Waals surface area (Å²) < 4.78 is 1.87. The minimum absolute atomic E-state index is 0.0330. The number of aromatic amines is 1. The fourth-order valence-corrected chi connectivity index (χ4v) is 2.37. The van der Waals surface area contributed by atoms with Crippen molar-refractivity contribution in [3.63, 3.8) is 0 Å². The highest BCUT2D eigenvalue weighted by atomic mass is 16.1. The quantitative estimate of drug-likeness (QED) is 0.764. The number of nitrogens with zero attached hydrogens (tertiary/aromatic N) is 2. The van der Waals surface area contributed by atoms with E-state index in [0.29, 0.717) is 0 Å². The maximum atomic E-state index is 12.0. The summed E-state index contributed by atoms with van der Waals surface area (Å²) in [5.74, 6) is 0. The number of H-pyrrole nitrogens is 1. The molecule has 0 spiro atoms. The van der Waals surface area contributed by atoms with Gasteiger partial charge in [0.2, 0.25) is 0 Å². The zero-order chi connectivity index (χ0) is 13.0. The molecule has 0 aliphatic carbocycles. The lowest BCUT2D eigenvalue weighted by molar-refractivity contribution is 0.435. The van der Waals surface area contributed by atoms with E-state index in [1.54, 1.807) is 12.4 Å². The molecule has 2 aromatic rings. The fraction of sp³-hybridized carbons (Fsp3) is 0.538. The summed E-state index contributed by atoms with van der Waals surface area (Å²) in [6.07, 6.45) is 6.46. The number of nitrogens with one attached hydrogen (secondary N) is 2. The third-order valence-electron chi connectivity index (χ3n) is 3.32. The molecule has 18 heavy (non-hydrogen) atoms. The smallest absolute Gasteiger partial charge is 0.320 e. The normalized spacial score (nSPS) is 13.0. The first-order valence-corrected chi connectivity index (χ1v) is 6.46. The summed E-state index contributed by atoms with van der Waals surface area (Å²) >= 11 is 0. The predicted molar refractivity (Wildman–Crippen MR) is 72.8 cm³/mol. The SMILES string of the molecule is CCC(CCCNC)n1c(=O)[nH]c2cnccc21. The minimum Gasteiger partial charge on any atom is -0.320 e. The van der Waals surface area contributed by atoms with Crippen molar-refractivity contribution in [3.8, 4) is 0 Å². The Kier molecular flexibility index (Phi) is 4.15. The van der Waals surface area contributed by atoms with E-state index < -0.39 is 0 Å². The van der Waals surface area contributed by atoms with Crippen LogP contribution in [0.15, 0.2) is 23.3 Å². The van der Waals surface area contributed by atoms with Crippen LogP contribution >= 0.6 is 0 Å². The molecule has 2 N–H and O–H groups in total. The van der Waals surface area contributed by atoms with Crippen molar-refractivity contribution in [2.45, 2.75) is 32.2 Å². The summed E-state index contributed by atoms with van der Waals surface area (Å²) in [6.45, 7) is 3.10. The second kappa shape index (κ2) is 5.82. The number of hydrogen-bond acceptors (Lipinski definition) is 3. The van der Waals surface area contributed by atoms with Gasteiger partial charge in [0, 0.05) is 12.2 Å². The van der Waals surface area contributed by atoms with Crippen LogP contribution in [0.3, 0.4) is 0 Å². The van der Waals surface area contributed by atoms with Gasteiger partial charge in [-0.3, -0.25) is 9.55 Å². The third kappa shape index (κ3) is 2.46. The molecular weight excluding hydrogens is 228 g/mol. The Hall–Kier alpha value is -1.62. The molecule has 0 aliphatic heterocycles. The standard InChI is InChI=1S/C13H20N4O/c1-3-10(5-4-7-14-2)17-12-6-8-15-9-11(12)16-13(17)18/h6,8-10,14H,3-5,7H2,1-2H3,(H,16,18). The highest BCUT2D eigenvalue weighted by Crippen LogP contribution is 2.20. The topological polar surface area (TPSA) is 62.7 Å². The van der Waals surface area contributed by atoms with Gasteiger partial charge in [-0.2, -0.15) is 0 Å². The van der Waals surface area contributed by atoms with Gasteiger partial charge in [-0.05, 0) is 38.9 Å². The van der Waals surface area contributed by atoms with Crippen LogP contribution in [0.4, 0.5) is 0 Å². The molecule has 2 heterocycles. The molecule has 0 saturated carbocycles. The first-order valence-electron chi connectivity index (χ1n) is 6.46. The van der Waals surface area contributed by atoms with Gasteiger partial charge in [0.05, 0.1) is 17.2 Å². The number of aromatic nitrogens is 3. The lowest BCUT2D eigenvalue weighted by Gasteiger charge is -2.16.